The number of ether oxygens (including phenoxy) is 1. The first kappa shape index (κ1) is 50.1. The zero-order valence-corrected chi connectivity index (χ0v) is 43.8. The molecule has 2 aromatic rings. The zero-order chi connectivity index (χ0) is 51.0. The number of nitrogens with one attached hydrogen (secondary N) is 1. The quantitative estimate of drug-likeness (QED) is 0.0592. The third kappa shape index (κ3) is 6.94. The maximum atomic E-state index is 15.3. The average Bonchev–Trinajstić information content (AvgIpc) is 4.37. The lowest BCUT2D eigenvalue weighted by atomic mass is 9.32. The summed E-state index contributed by atoms with van der Waals surface area (Å²) in [5, 5.41) is 85.7. The molecule has 19 atom stereocenters. The number of aryl methyl sites for hydroxylation is 1. The van der Waals surface area contributed by atoms with Crippen molar-refractivity contribution in [2.75, 3.05) is 6.73 Å². The lowest BCUT2D eigenvalue weighted by Gasteiger charge is -2.75. The molecule has 9 fully saturated rings. The summed E-state index contributed by atoms with van der Waals surface area (Å²) in [5.74, 6) is 4.72. The van der Waals surface area contributed by atoms with Gasteiger partial charge in [0, 0.05) is 52.2 Å². The Morgan fingerprint density at radius 1 is 0.811 bits per heavy atom. The second kappa shape index (κ2) is 18.1. The van der Waals surface area contributed by atoms with E-state index in [0.717, 1.165) is 93.6 Å². The van der Waals surface area contributed by atoms with Crippen molar-refractivity contribution >= 4 is 12.3 Å². The second-order valence-corrected chi connectivity index (χ2v) is 27.3. The van der Waals surface area contributed by atoms with Crippen LogP contribution in [-0.4, -0.2) is 90.8 Å². The Bertz CT molecular complexity index is 2600. The minimum atomic E-state index is -2.25. The fraction of sp³-hybridized carbons (Fsp3) is 0.719. The minimum absolute atomic E-state index is 0.0751. The molecule has 2 aromatic carbocycles. The van der Waals surface area contributed by atoms with Crippen LogP contribution >= 0.6 is 0 Å². The monoisotopic (exact) mass is 1010 g/mol. The van der Waals surface area contributed by atoms with Crippen molar-refractivity contribution < 1.29 is 45.0 Å². The van der Waals surface area contributed by atoms with Gasteiger partial charge in [0.2, 0.25) is 0 Å². The molecule has 0 aromatic heterocycles. The van der Waals surface area contributed by atoms with E-state index in [1.807, 2.05) is 18.2 Å². The van der Waals surface area contributed by atoms with E-state index < -0.39 is 80.5 Å². The van der Waals surface area contributed by atoms with Gasteiger partial charge in [-0.1, -0.05) is 106 Å². The molecule has 9 saturated carbocycles. The first-order valence-corrected chi connectivity index (χ1v) is 29.6. The summed E-state index contributed by atoms with van der Waals surface area (Å²) >= 11 is 0. The molecule has 1 aliphatic heterocycles. The highest BCUT2D eigenvalue weighted by Crippen LogP contribution is 2.80. The van der Waals surface area contributed by atoms with Crippen LogP contribution in [-0.2, 0) is 27.2 Å². The smallest absolute Gasteiger partial charge is 0.331 e. The van der Waals surface area contributed by atoms with Crippen LogP contribution in [0.15, 0.2) is 66.2 Å². The molecule has 19 unspecified atom stereocenters. The van der Waals surface area contributed by atoms with Crippen molar-refractivity contribution in [3.63, 3.8) is 0 Å². The van der Waals surface area contributed by atoms with Gasteiger partial charge in [-0.3, -0.25) is 5.32 Å². The van der Waals surface area contributed by atoms with Crippen molar-refractivity contribution in [2.45, 2.75) is 196 Å². The summed E-state index contributed by atoms with van der Waals surface area (Å²) in [6.45, 7) is 2.06. The summed E-state index contributed by atoms with van der Waals surface area (Å²) < 4.78 is 6.40. The molecule has 7 N–H and O–H groups in total. The molecule has 11 aliphatic carbocycles. The molecule has 1 heterocycles. The number of carbonyl (C=O) groups excluding carboxylic acids is 2. The third-order valence-corrected chi connectivity index (χ3v) is 24.6. The number of aliphatic hydroxyl groups excluding tert-OH is 3. The van der Waals surface area contributed by atoms with Crippen LogP contribution in [0.4, 0.5) is 0 Å². The molecule has 0 saturated heterocycles. The fourth-order valence-corrected chi connectivity index (χ4v) is 21.6. The van der Waals surface area contributed by atoms with E-state index in [0.29, 0.717) is 56.8 Å². The van der Waals surface area contributed by atoms with Gasteiger partial charge in [-0.25, -0.2) is 4.79 Å². The van der Waals surface area contributed by atoms with E-state index in [2.05, 4.69) is 60.5 Å². The number of rotatable bonds is 8. The average molecular weight is 1010 g/mol. The maximum absolute atomic E-state index is 15.3. The van der Waals surface area contributed by atoms with Crippen LogP contribution in [0.1, 0.15) is 158 Å². The van der Waals surface area contributed by atoms with Gasteiger partial charge in [0.15, 0.2) is 0 Å². The largest absolute Gasteiger partial charge is 0.454 e. The Labute approximate surface area is 438 Å². The topological polar surface area (TPSA) is 177 Å². The van der Waals surface area contributed by atoms with Crippen LogP contribution in [0.3, 0.4) is 0 Å². The maximum Gasteiger partial charge on any atom is 0.331 e. The van der Waals surface area contributed by atoms with Crippen molar-refractivity contribution in [1.29, 1.82) is 0 Å². The van der Waals surface area contributed by atoms with Crippen LogP contribution in [0.25, 0.3) is 0 Å². The van der Waals surface area contributed by atoms with E-state index in [-0.39, 0.29) is 61.6 Å². The molecule has 10 nitrogen and oxygen atoms in total. The standard InChI is InChI=1S/C64H83NO9/c1-39(42-13-5-6-14-42)44-19-20-49-56(69)59(27-21-41(33-59)18-17-40-11-3-2-4-12-40)36-61(37-66)52-23-28-60-35-58(24-9-10-25-58)26-22-43-15-7-8-16-45(43)31-51(65-38-67)47-29-46(54(60)48-32-53(68)74-55(47)48)34-62(60,71)64(52,73)57(70)50(30-44)63(49,61)72/h2-4,7-8,11-12,15-16,32,37,39,41-42,44,46-47,49-52,54-57,65,67,69-73H,5-6,9-10,13-14,17-21,23-25,27-31,33-36,38H2,1H3. The fourth-order valence-electron chi connectivity index (χ4n) is 21.6. The molecule has 10 heteroatoms. The highest BCUT2D eigenvalue weighted by Gasteiger charge is 2.87. The highest BCUT2D eigenvalue weighted by molar-refractivity contribution is 5.86. The van der Waals surface area contributed by atoms with E-state index in [1.54, 1.807) is 6.08 Å². The van der Waals surface area contributed by atoms with Crippen LogP contribution in [0.5, 0.6) is 0 Å². The predicted molar refractivity (Wildman–Crippen MR) is 279 cm³/mol. The summed E-state index contributed by atoms with van der Waals surface area (Å²) in [6, 6.07) is 18.4. The molecular weight excluding hydrogens is 927 g/mol. The highest BCUT2D eigenvalue weighted by atomic mass is 16.5. The molecule has 74 heavy (non-hydrogen) atoms. The van der Waals surface area contributed by atoms with Gasteiger partial charge in [-0.05, 0) is 173 Å². The number of carbonyl (C=O) groups is 2. The number of esters is 1. The SMILES string of the molecule is CC(C1CCCC1)C1CCC2C(O)C3(CCC(CCc4ccccc4)C3)CC3(C=O)C4CCC56CC7(C#Cc8ccccc8CC(NCO)C8CC(CC5(O)C4(O)C(O)C(C1)C23O)C6C1=CC(=O)OC18)CCCC7. The molecule has 12 aliphatic rings. The van der Waals surface area contributed by atoms with Crippen molar-refractivity contribution in [3.05, 3.63) is 82.9 Å². The Balaban J connectivity index is 0.989. The van der Waals surface area contributed by atoms with E-state index >= 15 is 9.90 Å². The van der Waals surface area contributed by atoms with Crippen LogP contribution < -0.4 is 5.32 Å². The molecule has 398 valence electrons. The van der Waals surface area contributed by atoms with Gasteiger partial charge in [-0.2, -0.15) is 0 Å². The molecule has 14 rings (SSSR count). The minimum Gasteiger partial charge on any atom is -0.454 e. The van der Waals surface area contributed by atoms with Gasteiger partial charge in [0.25, 0.3) is 0 Å². The molecular formula is C64H83NO9. The number of aldehydes is 1. The van der Waals surface area contributed by atoms with Gasteiger partial charge >= 0.3 is 5.97 Å². The number of benzene rings is 2. The van der Waals surface area contributed by atoms with Crippen molar-refractivity contribution in [2.24, 2.45) is 80.8 Å². The molecule has 4 bridgehead atoms. The van der Waals surface area contributed by atoms with E-state index in [1.165, 1.54) is 18.4 Å². The Hall–Kier alpha value is -3.40. The number of fused-ring (bicyclic) bond motifs is 4. The first-order chi connectivity index (χ1) is 35.7. The molecule has 3 spiro atoms. The van der Waals surface area contributed by atoms with Gasteiger partial charge in [0.1, 0.15) is 23.6 Å². The summed E-state index contributed by atoms with van der Waals surface area (Å²) in [5.41, 5.74) is -5.89. The Morgan fingerprint density at radius 3 is 2.35 bits per heavy atom. The summed E-state index contributed by atoms with van der Waals surface area (Å²) in [4.78, 5) is 29.2. The Morgan fingerprint density at radius 2 is 1.58 bits per heavy atom. The van der Waals surface area contributed by atoms with E-state index in [9.17, 15) is 30.3 Å². The van der Waals surface area contributed by atoms with Gasteiger partial charge in [0.05, 0.1) is 30.0 Å². The summed E-state index contributed by atoms with van der Waals surface area (Å²) in [6.07, 6.45) is 16.2. The zero-order valence-electron chi connectivity index (χ0n) is 43.8. The van der Waals surface area contributed by atoms with E-state index in [4.69, 9.17) is 4.74 Å². The van der Waals surface area contributed by atoms with Crippen molar-refractivity contribution in [1.82, 2.24) is 5.32 Å². The first-order valence-electron chi connectivity index (χ1n) is 29.6. The summed E-state index contributed by atoms with van der Waals surface area (Å²) in [7, 11) is 0. The molecule has 0 radical (unpaired) electrons. The van der Waals surface area contributed by atoms with Gasteiger partial charge < -0.3 is 40.2 Å². The van der Waals surface area contributed by atoms with Crippen LogP contribution in [0, 0.1) is 92.7 Å². The van der Waals surface area contributed by atoms with Gasteiger partial charge in [-0.15, -0.1) is 0 Å². The predicted octanol–water partition coefficient (Wildman–Crippen LogP) is 8.15. The lowest BCUT2D eigenvalue weighted by molar-refractivity contribution is -0.385. The lowest BCUT2D eigenvalue weighted by Crippen LogP contribution is -2.86. The van der Waals surface area contributed by atoms with Crippen LogP contribution in [0.2, 0.25) is 0 Å². The number of hydrogen-bond acceptors (Lipinski definition) is 10. The molecule has 0 amide bonds. The number of hydrogen-bond donors (Lipinski definition) is 7. The number of aliphatic hydroxyl groups is 6. The normalized spacial score (nSPS) is 47.1. The second-order valence-electron chi connectivity index (χ2n) is 27.3. The van der Waals surface area contributed by atoms with Crippen molar-refractivity contribution in [3.8, 4) is 11.8 Å². The Kier molecular flexibility index (Phi) is 12.2. The third-order valence-electron chi connectivity index (χ3n) is 24.6.